The summed E-state index contributed by atoms with van der Waals surface area (Å²) in [6.07, 6.45) is 6.06. The third kappa shape index (κ3) is 3.43. The molecule has 0 amide bonds. The molecule has 0 saturated carbocycles. The number of likely N-dealkylation sites (tertiary alicyclic amines) is 1. The smallest absolute Gasteiger partial charge is 0.0132 e. The standard InChI is InChI=1S/C12H24N2/c1-4-8-13-9-10-14-11(2)6-5-7-12(14)3/h4,11-13H,1,5-10H2,2-3H3/t11-,12+. The van der Waals surface area contributed by atoms with Crippen LogP contribution in [0.15, 0.2) is 12.7 Å². The molecule has 0 unspecified atom stereocenters. The van der Waals surface area contributed by atoms with Crippen molar-refractivity contribution < 1.29 is 0 Å². The molecule has 2 nitrogen and oxygen atoms in total. The van der Waals surface area contributed by atoms with Gasteiger partial charge < -0.3 is 5.32 Å². The van der Waals surface area contributed by atoms with Gasteiger partial charge in [-0.05, 0) is 26.7 Å². The van der Waals surface area contributed by atoms with Crippen LogP contribution < -0.4 is 5.32 Å². The molecule has 0 aromatic rings. The van der Waals surface area contributed by atoms with Gasteiger partial charge in [0.15, 0.2) is 0 Å². The van der Waals surface area contributed by atoms with Crippen molar-refractivity contribution >= 4 is 0 Å². The number of piperidine rings is 1. The Labute approximate surface area is 88.4 Å². The summed E-state index contributed by atoms with van der Waals surface area (Å²) in [5, 5.41) is 3.36. The van der Waals surface area contributed by atoms with Gasteiger partial charge in [-0.2, -0.15) is 0 Å². The number of rotatable bonds is 5. The van der Waals surface area contributed by atoms with Gasteiger partial charge in [0.25, 0.3) is 0 Å². The van der Waals surface area contributed by atoms with Crippen LogP contribution in [0.1, 0.15) is 33.1 Å². The average molecular weight is 196 g/mol. The summed E-state index contributed by atoms with van der Waals surface area (Å²) in [5.74, 6) is 0. The summed E-state index contributed by atoms with van der Waals surface area (Å²) >= 11 is 0. The van der Waals surface area contributed by atoms with E-state index < -0.39 is 0 Å². The van der Waals surface area contributed by atoms with Crippen LogP contribution in [0.5, 0.6) is 0 Å². The zero-order valence-electron chi connectivity index (χ0n) is 9.63. The quantitative estimate of drug-likeness (QED) is 0.534. The van der Waals surface area contributed by atoms with E-state index in [1.54, 1.807) is 0 Å². The lowest BCUT2D eigenvalue weighted by Crippen LogP contribution is -2.46. The topological polar surface area (TPSA) is 15.3 Å². The van der Waals surface area contributed by atoms with Crippen LogP contribution in [0.2, 0.25) is 0 Å². The van der Waals surface area contributed by atoms with Gasteiger partial charge in [0.2, 0.25) is 0 Å². The minimum atomic E-state index is 0.768. The molecule has 14 heavy (non-hydrogen) atoms. The molecule has 1 heterocycles. The van der Waals surface area contributed by atoms with Gasteiger partial charge in [-0.25, -0.2) is 0 Å². The van der Waals surface area contributed by atoms with Crippen molar-refractivity contribution in [2.75, 3.05) is 19.6 Å². The van der Waals surface area contributed by atoms with Crippen molar-refractivity contribution in [1.29, 1.82) is 0 Å². The molecule has 0 radical (unpaired) electrons. The van der Waals surface area contributed by atoms with Crippen LogP contribution in [-0.2, 0) is 0 Å². The van der Waals surface area contributed by atoms with Gasteiger partial charge >= 0.3 is 0 Å². The van der Waals surface area contributed by atoms with E-state index in [4.69, 9.17) is 0 Å². The minimum Gasteiger partial charge on any atom is -0.312 e. The molecule has 2 heteroatoms. The van der Waals surface area contributed by atoms with Gasteiger partial charge in [-0.15, -0.1) is 6.58 Å². The monoisotopic (exact) mass is 196 g/mol. The first kappa shape index (κ1) is 11.7. The Balaban J connectivity index is 2.22. The zero-order chi connectivity index (χ0) is 10.4. The summed E-state index contributed by atoms with van der Waals surface area (Å²) < 4.78 is 0. The highest BCUT2D eigenvalue weighted by molar-refractivity contribution is 4.80. The first-order chi connectivity index (χ1) is 6.75. The maximum absolute atomic E-state index is 3.70. The second kappa shape index (κ2) is 6.20. The molecular weight excluding hydrogens is 172 g/mol. The van der Waals surface area contributed by atoms with E-state index in [2.05, 4.69) is 30.6 Å². The fraction of sp³-hybridized carbons (Fsp3) is 0.833. The molecular formula is C12H24N2. The van der Waals surface area contributed by atoms with Gasteiger partial charge in [0, 0.05) is 31.7 Å². The number of nitrogens with one attached hydrogen (secondary N) is 1. The molecule has 1 aliphatic rings. The summed E-state index contributed by atoms with van der Waals surface area (Å²) in [6.45, 7) is 11.6. The van der Waals surface area contributed by atoms with E-state index in [9.17, 15) is 0 Å². The molecule has 0 bridgehead atoms. The third-order valence-corrected chi connectivity index (χ3v) is 3.21. The van der Waals surface area contributed by atoms with Gasteiger partial charge in [-0.1, -0.05) is 12.5 Å². The Morgan fingerprint density at radius 2 is 2.00 bits per heavy atom. The van der Waals surface area contributed by atoms with Gasteiger partial charge in [0.1, 0.15) is 0 Å². The highest BCUT2D eigenvalue weighted by atomic mass is 15.2. The van der Waals surface area contributed by atoms with Crippen molar-refractivity contribution in [2.24, 2.45) is 0 Å². The van der Waals surface area contributed by atoms with Crippen LogP contribution in [-0.4, -0.2) is 36.6 Å². The van der Waals surface area contributed by atoms with E-state index in [0.29, 0.717) is 0 Å². The predicted molar refractivity (Wildman–Crippen MR) is 62.5 cm³/mol. The Morgan fingerprint density at radius 3 is 2.57 bits per heavy atom. The maximum Gasteiger partial charge on any atom is 0.0132 e. The molecule has 1 saturated heterocycles. The average Bonchev–Trinajstić information content (AvgIpc) is 2.16. The van der Waals surface area contributed by atoms with E-state index in [1.165, 1.54) is 25.8 Å². The SMILES string of the molecule is C=CCNCCN1[C@H](C)CCC[C@@H]1C. The fourth-order valence-electron chi connectivity index (χ4n) is 2.33. The molecule has 2 atom stereocenters. The first-order valence-corrected chi connectivity index (χ1v) is 5.83. The molecule has 82 valence electrons. The number of nitrogens with zero attached hydrogens (tertiary/aromatic N) is 1. The lowest BCUT2D eigenvalue weighted by Gasteiger charge is -2.39. The van der Waals surface area contributed by atoms with Crippen LogP contribution in [0.3, 0.4) is 0 Å². The lowest BCUT2D eigenvalue weighted by atomic mass is 9.98. The van der Waals surface area contributed by atoms with E-state index in [0.717, 1.165) is 25.2 Å². The normalized spacial score (nSPS) is 29.0. The Morgan fingerprint density at radius 1 is 1.36 bits per heavy atom. The molecule has 1 N–H and O–H groups in total. The minimum absolute atomic E-state index is 0.768. The molecule has 1 rings (SSSR count). The molecule has 0 aliphatic carbocycles. The number of hydrogen-bond acceptors (Lipinski definition) is 2. The highest BCUT2D eigenvalue weighted by Gasteiger charge is 2.23. The zero-order valence-corrected chi connectivity index (χ0v) is 9.63. The van der Waals surface area contributed by atoms with Crippen molar-refractivity contribution in [3.05, 3.63) is 12.7 Å². The fourth-order valence-corrected chi connectivity index (χ4v) is 2.33. The molecule has 0 aromatic carbocycles. The molecule has 1 fully saturated rings. The lowest BCUT2D eigenvalue weighted by molar-refractivity contribution is 0.105. The highest BCUT2D eigenvalue weighted by Crippen LogP contribution is 2.21. The third-order valence-electron chi connectivity index (χ3n) is 3.21. The van der Waals surface area contributed by atoms with Crippen LogP contribution >= 0.6 is 0 Å². The summed E-state index contributed by atoms with van der Waals surface area (Å²) in [7, 11) is 0. The van der Waals surface area contributed by atoms with E-state index in [-0.39, 0.29) is 0 Å². The summed E-state index contributed by atoms with van der Waals surface area (Å²) in [4.78, 5) is 2.62. The predicted octanol–water partition coefficient (Wildman–Crippen LogP) is 2.02. The summed E-state index contributed by atoms with van der Waals surface area (Å²) in [5.41, 5.74) is 0. The molecule has 0 spiro atoms. The Bertz CT molecular complexity index is 158. The number of hydrogen-bond donors (Lipinski definition) is 1. The Kier molecular flexibility index (Phi) is 5.20. The second-order valence-electron chi connectivity index (χ2n) is 4.36. The van der Waals surface area contributed by atoms with Gasteiger partial charge in [-0.3, -0.25) is 4.90 Å². The Hall–Kier alpha value is -0.340. The van der Waals surface area contributed by atoms with Crippen molar-refractivity contribution in [2.45, 2.75) is 45.2 Å². The van der Waals surface area contributed by atoms with Crippen LogP contribution in [0, 0.1) is 0 Å². The first-order valence-electron chi connectivity index (χ1n) is 5.83. The van der Waals surface area contributed by atoms with Gasteiger partial charge in [0.05, 0.1) is 0 Å². The van der Waals surface area contributed by atoms with Crippen molar-refractivity contribution in [3.8, 4) is 0 Å². The van der Waals surface area contributed by atoms with Crippen molar-refractivity contribution in [1.82, 2.24) is 10.2 Å². The van der Waals surface area contributed by atoms with Crippen LogP contribution in [0.25, 0.3) is 0 Å². The largest absolute Gasteiger partial charge is 0.312 e. The van der Waals surface area contributed by atoms with Crippen LogP contribution in [0.4, 0.5) is 0 Å². The molecule has 1 aliphatic heterocycles. The van der Waals surface area contributed by atoms with E-state index in [1.807, 2.05) is 6.08 Å². The van der Waals surface area contributed by atoms with Crippen molar-refractivity contribution in [3.63, 3.8) is 0 Å². The van der Waals surface area contributed by atoms with E-state index >= 15 is 0 Å². The second-order valence-corrected chi connectivity index (χ2v) is 4.36. The maximum atomic E-state index is 3.70. The summed E-state index contributed by atoms with van der Waals surface area (Å²) in [6, 6.07) is 1.54. The molecule has 0 aromatic heterocycles.